The molecule has 2 amide bonds. The van der Waals surface area contributed by atoms with Crippen LogP contribution in [0.4, 0.5) is 4.79 Å². The van der Waals surface area contributed by atoms with Crippen molar-refractivity contribution in [2.45, 2.75) is 45.3 Å². The van der Waals surface area contributed by atoms with Crippen molar-refractivity contribution >= 4 is 17.7 Å². The van der Waals surface area contributed by atoms with Gasteiger partial charge in [0.05, 0.1) is 12.5 Å². The van der Waals surface area contributed by atoms with E-state index in [0.29, 0.717) is 29.9 Å². The zero-order valence-corrected chi connectivity index (χ0v) is 12.7. The summed E-state index contributed by atoms with van der Waals surface area (Å²) in [6.07, 6.45) is 0.0394. The van der Waals surface area contributed by atoms with E-state index in [2.05, 4.69) is 5.32 Å². The molecular formula is C14H22N4O3. The third-order valence-corrected chi connectivity index (χ3v) is 3.45. The molecule has 2 rings (SSSR count). The zero-order valence-electron chi connectivity index (χ0n) is 12.7. The smallest absolute Gasteiger partial charge is 0.410 e. The van der Waals surface area contributed by atoms with Crippen LogP contribution in [0.15, 0.2) is 11.3 Å². The van der Waals surface area contributed by atoms with Crippen molar-refractivity contribution in [3.63, 3.8) is 0 Å². The van der Waals surface area contributed by atoms with E-state index in [4.69, 9.17) is 15.9 Å². The molecule has 0 saturated carbocycles. The molecule has 4 N–H and O–H groups in total. The van der Waals surface area contributed by atoms with Crippen molar-refractivity contribution in [2.75, 3.05) is 13.1 Å². The minimum atomic E-state index is -0.592. The van der Waals surface area contributed by atoms with E-state index in [1.807, 2.05) is 0 Å². The monoisotopic (exact) mass is 294 g/mol. The highest BCUT2D eigenvalue weighted by Crippen LogP contribution is 2.26. The highest BCUT2D eigenvalue weighted by Gasteiger charge is 2.38. The second-order valence-electron chi connectivity index (χ2n) is 6.34. The summed E-state index contributed by atoms with van der Waals surface area (Å²) in [5, 5.41) is 10.8. The van der Waals surface area contributed by atoms with Gasteiger partial charge in [0.25, 0.3) is 0 Å². The Morgan fingerprint density at radius 2 is 2.14 bits per heavy atom. The number of hydrogen-bond acceptors (Lipinski definition) is 5. The predicted octanol–water partition coefficient (Wildman–Crippen LogP) is 0.748. The number of nitrogens with two attached hydrogens (primary N) is 1. The molecule has 0 aromatic carbocycles. The lowest BCUT2D eigenvalue weighted by Crippen LogP contribution is -2.53. The summed E-state index contributed by atoms with van der Waals surface area (Å²) in [5.74, 6) is -0.189. The van der Waals surface area contributed by atoms with Crippen LogP contribution in [0, 0.1) is 5.41 Å². The lowest BCUT2D eigenvalue weighted by molar-refractivity contribution is -0.120. The number of ether oxygens (including phenoxy) is 1. The van der Waals surface area contributed by atoms with E-state index in [-0.39, 0.29) is 18.9 Å². The van der Waals surface area contributed by atoms with Crippen LogP contribution in [0.1, 0.15) is 33.6 Å². The second-order valence-corrected chi connectivity index (χ2v) is 6.34. The first-order chi connectivity index (χ1) is 9.69. The van der Waals surface area contributed by atoms with Crippen LogP contribution >= 0.6 is 0 Å². The van der Waals surface area contributed by atoms with E-state index in [9.17, 15) is 9.59 Å². The Kier molecular flexibility index (Phi) is 3.93. The van der Waals surface area contributed by atoms with Gasteiger partial charge in [0.1, 0.15) is 5.60 Å². The summed E-state index contributed by atoms with van der Waals surface area (Å²) in [7, 11) is 0. The number of carbonyl (C=O) groups is 2. The quantitative estimate of drug-likeness (QED) is 0.612. The molecule has 7 heteroatoms. The average Bonchev–Trinajstić information content (AvgIpc) is 2.47. The Balaban J connectivity index is 2.29. The number of hydrogen-bond donors (Lipinski definition) is 3. The molecule has 1 unspecified atom stereocenters. The Morgan fingerprint density at radius 1 is 1.48 bits per heavy atom. The molecule has 1 fully saturated rings. The molecule has 0 spiro atoms. The number of carbonyl (C=O) groups excluding carboxylic acids is 2. The van der Waals surface area contributed by atoms with Gasteiger partial charge >= 0.3 is 6.09 Å². The maximum Gasteiger partial charge on any atom is 0.410 e. The second kappa shape index (κ2) is 5.38. The van der Waals surface area contributed by atoms with Crippen LogP contribution in [0.2, 0.25) is 0 Å². The average molecular weight is 294 g/mol. The van der Waals surface area contributed by atoms with Crippen LogP contribution in [0.3, 0.4) is 0 Å². The van der Waals surface area contributed by atoms with E-state index in [1.54, 1.807) is 25.7 Å². The largest absolute Gasteiger partial charge is 0.444 e. The maximum atomic E-state index is 12.3. The fourth-order valence-corrected chi connectivity index (χ4v) is 2.58. The predicted molar refractivity (Wildman–Crippen MR) is 77.9 cm³/mol. The van der Waals surface area contributed by atoms with Gasteiger partial charge in [-0.2, -0.15) is 0 Å². The molecule has 21 heavy (non-hydrogen) atoms. The SMILES string of the molecule is CC(C)(C)OC(=O)N1CCC(=N)C2=C(N)CC(=O)NCC21. The molecule has 0 aliphatic carbocycles. The third-order valence-electron chi connectivity index (χ3n) is 3.45. The Bertz CT molecular complexity index is 519. The number of fused-ring (bicyclic) bond motifs is 1. The standard InChI is InChI=1S/C14H22N4O3/c1-14(2,3)21-13(20)18-5-4-8(15)12-9(16)6-11(19)17-7-10(12)18/h10,15H,4-7,16H2,1-3H3,(H,17,19). The molecule has 0 aromatic rings. The molecule has 0 radical (unpaired) electrons. The molecular weight excluding hydrogens is 272 g/mol. The third kappa shape index (κ3) is 3.34. The van der Waals surface area contributed by atoms with Crippen LogP contribution in [-0.2, 0) is 9.53 Å². The van der Waals surface area contributed by atoms with Gasteiger partial charge in [-0.15, -0.1) is 0 Å². The Hall–Kier alpha value is -2.05. The molecule has 1 atom stereocenters. The molecule has 2 heterocycles. The van der Waals surface area contributed by atoms with E-state index in [1.165, 1.54) is 0 Å². The van der Waals surface area contributed by atoms with Gasteiger partial charge in [-0.3, -0.25) is 9.69 Å². The first-order valence-corrected chi connectivity index (χ1v) is 7.01. The van der Waals surface area contributed by atoms with Gasteiger partial charge in [-0.25, -0.2) is 4.79 Å². The molecule has 1 saturated heterocycles. The maximum absolute atomic E-state index is 12.3. The van der Waals surface area contributed by atoms with E-state index in [0.717, 1.165) is 0 Å². The molecule has 0 bridgehead atoms. The van der Waals surface area contributed by atoms with Gasteiger partial charge in [0.15, 0.2) is 0 Å². The van der Waals surface area contributed by atoms with Gasteiger partial charge in [-0.1, -0.05) is 0 Å². The Morgan fingerprint density at radius 3 is 2.76 bits per heavy atom. The fraction of sp³-hybridized carbons (Fsp3) is 0.643. The highest BCUT2D eigenvalue weighted by molar-refractivity contribution is 6.02. The lowest BCUT2D eigenvalue weighted by atomic mass is 9.92. The normalized spacial score (nSPS) is 23.4. The van der Waals surface area contributed by atoms with Crippen LogP contribution < -0.4 is 11.1 Å². The summed E-state index contributed by atoms with van der Waals surface area (Å²) >= 11 is 0. The van der Waals surface area contributed by atoms with Crippen LogP contribution in [0.25, 0.3) is 0 Å². The Labute approximate surface area is 124 Å². The number of nitrogens with zero attached hydrogens (tertiary/aromatic N) is 1. The summed E-state index contributed by atoms with van der Waals surface area (Å²) < 4.78 is 5.40. The first kappa shape index (κ1) is 15.3. The summed E-state index contributed by atoms with van der Waals surface area (Å²) in [6, 6.07) is -0.424. The highest BCUT2D eigenvalue weighted by atomic mass is 16.6. The minimum absolute atomic E-state index is 0.0658. The molecule has 0 aromatic heterocycles. The van der Waals surface area contributed by atoms with Crippen molar-refractivity contribution in [1.29, 1.82) is 5.41 Å². The summed E-state index contributed by atoms with van der Waals surface area (Å²) in [4.78, 5) is 25.5. The lowest BCUT2D eigenvalue weighted by Gasteiger charge is -2.38. The zero-order chi connectivity index (χ0) is 15.8. The number of likely N-dealkylation sites (tertiary alicyclic amines) is 1. The van der Waals surface area contributed by atoms with Crippen LogP contribution in [-0.4, -0.2) is 47.3 Å². The number of amides is 2. The van der Waals surface area contributed by atoms with Gasteiger partial charge in [-0.05, 0) is 20.8 Å². The minimum Gasteiger partial charge on any atom is -0.444 e. The summed E-state index contributed by atoms with van der Waals surface area (Å²) in [5.41, 5.74) is 6.72. The number of nitrogens with one attached hydrogen (secondary N) is 2. The molecule has 116 valence electrons. The van der Waals surface area contributed by atoms with Crippen LogP contribution in [0.5, 0.6) is 0 Å². The van der Waals surface area contributed by atoms with Crippen molar-refractivity contribution in [3.8, 4) is 0 Å². The summed E-state index contributed by atoms with van der Waals surface area (Å²) in [6.45, 7) is 6.06. The number of piperidine rings is 1. The van der Waals surface area contributed by atoms with Crippen molar-refractivity contribution < 1.29 is 14.3 Å². The first-order valence-electron chi connectivity index (χ1n) is 7.01. The molecule has 7 nitrogen and oxygen atoms in total. The van der Waals surface area contributed by atoms with Gasteiger partial charge in [0.2, 0.25) is 5.91 Å². The molecule has 2 aliphatic rings. The van der Waals surface area contributed by atoms with Crippen molar-refractivity contribution in [2.24, 2.45) is 5.73 Å². The van der Waals surface area contributed by atoms with Crippen molar-refractivity contribution in [1.82, 2.24) is 10.2 Å². The topological polar surface area (TPSA) is 109 Å². The van der Waals surface area contributed by atoms with E-state index >= 15 is 0 Å². The van der Waals surface area contributed by atoms with Gasteiger partial charge < -0.3 is 21.2 Å². The van der Waals surface area contributed by atoms with E-state index < -0.39 is 17.7 Å². The fourth-order valence-electron chi connectivity index (χ4n) is 2.58. The van der Waals surface area contributed by atoms with Crippen molar-refractivity contribution in [3.05, 3.63) is 11.3 Å². The number of rotatable bonds is 0. The van der Waals surface area contributed by atoms with Gasteiger partial charge in [0, 0.05) is 36.5 Å². The molecule has 2 aliphatic heterocycles.